The molecule has 14 heavy (non-hydrogen) atoms. The van der Waals surface area contributed by atoms with Crippen LogP contribution in [0.4, 0.5) is 0 Å². The molecule has 0 saturated heterocycles. The Morgan fingerprint density at radius 1 is 1.64 bits per heavy atom. The Balaban J connectivity index is 2.30. The number of hydrogen-bond donors (Lipinski definition) is 2. The molecule has 0 aromatic carbocycles. The van der Waals surface area contributed by atoms with Crippen LogP contribution in [0, 0.1) is 0 Å². The number of rotatable bonds is 3. The van der Waals surface area contributed by atoms with E-state index in [0.717, 1.165) is 17.8 Å². The zero-order valence-electron chi connectivity index (χ0n) is 7.69. The summed E-state index contributed by atoms with van der Waals surface area (Å²) in [5.74, 6) is -0.424. The maximum Gasteiger partial charge on any atom is 0.347 e. The number of carbonyl (C=O) groups is 1. The third-order valence-electron chi connectivity index (χ3n) is 2.56. The molecule has 5 heteroatoms. The highest BCUT2D eigenvalue weighted by atomic mass is 32.1. The van der Waals surface area contributed by atoms with Gasteiger partial charge in [-0.3, -0.25) is 0 Å². The van der Waals surface area contributed by atoms with Crippen LogP contribution < -0.4 is 5.73 Å². The van der Waals surface area contributed by atoms with E-state index in [1.165, 1.54) is 17.8 Å². The van der Waals surface area contributed by atoms with E-state index < -0.39 is 5.97 Å². The van der Waals surface area contributed by atoms with Crippen LogP contribution in [0.5, 0.6) is 0 Å². The van der Waals surface area contributed by atoms with E-state index in [1.807, 2.05) is 0 Å². The number of aromatic nitrogens is 1. The van der Waals surface area contributed by atoms with E-state index in [9.17, 15) is 4.79 Å². The van der Waals surface area contributed by atoms with Crippen LogP contribution in [-0.4, -0.2) is 16.1 Å². The van der Waals surface area contributed by atoms with Crippen molar-refractivity contribution in [3.05, 3.63) is 15.6 Å². The van der Waals surface area contributed by atoms with Crippen molar-refractivity contribution in [3.63, 3.8) is 0 Å². The van der Waals surface area contributed by atoms with Crippen LogP contribution in [0.2, 0.25) is 0 Å². The SMILES string of the molecule is NCc1nc(C2CCC2)sc1C(=O)O. The van der Waals surface area contributed by atoms with Gasteiger partial charge in [-0.05, 0) is 12.8 Å². The van der Waals surface area contributed by atoms with Crippen molar-refractivity contribution < 1.29 is 9.90 Å². The molecular formula is C9H12N2O2S. The van der Waals surface area contributed by atoms with E-state index in [0.29, 0.717) is 16.5 Å². The standard InChI is InChI=1S/C9H12N2O2S/c10-4-6-7(9(12)13)14-8(11-6)5-2-1-3-5/h5H,1-4,10H2,(H,12,13). The van der Waals surface area contributed by atoms with E-state index in [4.69, 9.17) is 10.8 Å². The molecule has 2 rings (SSSR count). The van der Waals surface area contributed by atoms with Crippen molar-refractivity contribution >= 4 is 17.3 Å². The second kappa shape index (κ2) is 3.67. The molecule has 1 aromatic heterocycles. The lowest BCUT2D eigenvalue weighted by Crippen LogP contribution is -2.08. The number of thiazole rings is 1. The number of hydrogen-bond acceptors (Lipinski definition) is 4. The fraction of sp³-hybridized carbons (Fsp3) is 0.556. The molecule has 0 unspecified atom stereocenters. The third kappa shape index (κ3) is 1.53. The molecule has 1 aliphatic carbocycles. The number of carboxylic acid groups (broad SMARTS) is 1. The highest BCUT2D eigenvalue weighted by Crippen LogP contribution is 2.39. The molecule has 4 nitrogen and oxygen atoms in total. The van der Waals surface area contributed by atoms with Crippen LogP contribution in [0.25, 0.3) is 0 Å². The fourth-order valence-electron chi connectivity index (χ4n) is 1.51. The zero-order chi connectivity index (χ0) is 10.1. The monoisotopic (exact) mass is 212 g/mol. The van der Waals surface area contributed by atoms with Crippen LogP contribution >= 0.6 is 11.3 Å². The van der Waals surface area contributed by atoms with Crippen LogP contribution in [0.3, 0.4) is 0 Å². The van der Waals surface area contributed by atoms with Gasteiger partial charge in [0.25, 0.3) is 0 Å². The average molecular weight is 212 g/mol. The van der Waals surface area contributed by atoms with Gasteiger partial charge < -0.3 is 10.8 Å². The molecule has 1 heterocycles. The first kappa shape index (κ1) is 9.61. The van der Waals surface area contributed by atoms with Gasteiger partial charge in [0, 0.05) is 12.5 Å². The fourth-order valence-corrected chi connectivity index (χ4v) is 2.61. The first-order chi connectivity index (χ1) is 6.72. The summed E-state index contributed by atoms with van der Waals surface area (Å²) >= 11 is 1.29. The van der Waals surface area contributed by atoms with E-state index >= 15 is 0 Å². The first-order valence-electron chi connectivity index (χ1n) is 4.65. The maximum absolute atomic E-state index is 10.8. The minimum atomic E-state index is -0.909. The second-order valence-corrected chi connectivity index (χ2v) is 4.50. The Morgan fingerprint density at radius 2 is 2.36 bits per heavy atom. The zero-order valence-corrected chi connectivity index (χ0v) is 8.51. The Morgan fingerprint density at radius 3 is 2.71 bits per heavy atom. The van der Waals surface area contributed by atoms with E-state index in [-0.39, 0.29) is 6.54 Å². The Labute approximate surface area is 85.8 Å². The van der Waals surface area contributed by atoms with Gasteiger partial charge in [-0.2, -0.15) is 0 Å². The average Bonchev–Trinajstić information content (AvgIpc) is 2.45. The predicted molar refractivity (Wildman–Crippen MR) is 53.6 cm³/mol. The van der Waals surface area contributed by atoms with Gasteiger partial charge >= 0.3 is 5.97 Å². The van der Waals surface area contributed by atoms with Crippen LogP contribution in [0.15, 0.2) is 0 Å². The van der Waals surface area contributed by atoms with Crippen molar-refractivity contribution in [2.75, 3.05) is 0 Å². The van der Waals surface area contributed by atoms with E-state index in [1.54, 1.807) is 0 Å². The minimum Gasteiger partial charge on any atom is -0.477 e. The summed E-state index contributed by atoms with van der Waals surface area (Å²) in [6.07, 6.45) is 3.50. The molecule has 76 valence electrons. The summed E-state index contributed by atoms with van der Waals surface area (Å²) in [5, 5.41) is 9.85. The van der Waals surface area contributed by atoms with Crippen molar-refractivity contribution in [1.82, 2.24) is 4.98 Å². The summed E-state index contributed by atoms with van der Waals surface area (Å²) in [4.78, 5) is 15.4. The summed E-state index contributed by atoms with van der Waals surface area (Å²) in [5.41, 5.74) is 5.97. The Hall–Kier alpha value is -0.940. The summed E-state index contributed by atoms with van der Waals surface area (Å²) in [7, 11) is 0. The van der Waals surface area contributed by atoms with Gasteiger partial charge in [-0.15, -0.1) is 11.3 Å². The predicted octanol–water partition coefficient (Wildman–Crippen LogP) is 1.57. The molecule has 0 amide bonds. The number of nitrogens with zero attached hydrogens (tertiary/aromatic N) is 1. The topological polar surface area (TPSA) is 76.2 Å². The van der Waals surface area contributed by atoms with Crippen molar-refractivity contribution in [1.29, 1.82) is 0 Å². The minimum absolute atomic E-state index is 0.213. The van der Waals surface area contributed by atoms with Gasteiger partial charge in [-0.1, -0.05) is 6.42 Å². The molecule has 0 aliphatic heterocycles. The third-order valence-corrected chi connectivity index (χ3v) is 3.80. The summed E-state index contributed by atoms with van der Waals surface area (Å²) < 4.78 is 0. The highest BCUT2D eigenvalue weighted by Gasteiger charge is 2.25. The number of nitrogens with two attached hydrogens (primary N) is 1. The largest absolute Gasteiger partial charge is 0.477 e. The lowest BCUT2D eigenvalue weighted by atomic mass is 9.86. The van der Waals surface area contributed by atoms with Crippen LogP contribution in [0.1, 0.15) is 45.6 Å². The van der Waals surface area contributed by atoms with Gasteiger partial charge in [0.2, 0.25) is 0 Å². The molecule has 3 N–H and O–H groups in total. The van der Waals surface area contributed by atoms with Gasteiger partial charge in [-0.25, -0.2) is 9.78 Å². The van der Waals surface area contributed by atoms with Crippen molar-refractivity contribution in [3.8, 4) is 0 Å². The van der Waals surface area contributed by atoms with Gasteiger partial charge in [0.15, 0.2) is 0 Å². The lowest BCUT2D eigenvalue weighted by molar-refractivity contribution is 0.0700. The molecule has 0 spiro atoms. The molecular weight excluding hydrogens is 200 g/mol. The molecule has 1 aromatic rings. The van der Waals surface area contributed by atoms with Crippen LogP contribution in [-0.2, 0) is 6.54 Å². The lowest BCUT2D eigenvalue weighted by Gasteiger charge is -2.22. The molecule has 1 fully saturated rings. The maximum atomic E-state index is 10.8. The quantitative estimate of drug-likeness (QED) is 0.797. The van der Waals surface area contributed by atoms with Crippen molar-refractivity contribution in [2.24, 2.45) is 5.73 Å². The number of carboxylic acids is 1. The molecule has 1 aliphatic rings. The Kier molecular flexibility index (Phi) is 2.52. The molecule has 0 radical (unpaired) electrons. The first-order valence-corrected chi connectivity index (χ1v) is 5.47. The molecule has 1 saturated carbocycles. The second-order valence-electron chi connectivity index (χ2n) is 3.47. The highest BCUT2D eigenvalue weighted by molar-refractivity contribution is 7.13. The molecule has 0 bridgehead atoms. The molecule has 0 atom stereocenters. The van der Waals surface area contributed by atoms with Gasteiger partial charge in [0.1, 0.15) is 4.88 Å². The normalized spacial score (nSPS) is 16.6. The Bertz CT molecular complexity index is 358. The van der Waals surface area contributed by atoms with Crippen molar-refractivity contribution in [2.45, 2.75) is 31.7 Å². The number of aromatic carboxylic acids is 1. The van der Waals surface area contributed by atoms with E-state index in [2.05, 4.69) is 4.98 Å². The summed E-state index contributed by atoms with van der Waals surface area (Å²) in [6, 6.07) is 0. The smallest absolute Gasteiger partial charge is 0.347 e. The summed E-state index contributed by atoms with van der Waals surface area (Å²) in [6.45, 7) is 0.213. The van der Waals surface area contributed by atoms with Gasteiger partial charge in [0.05, 0.1) is 10.7 Å².